The molecule has 1 aliphatic heterocycles. The van der Waals surface area contributed by atoms with Gasteiger partial charge in [-0.25, -0.2) is 4.98 Å². The molecule has 2 rings (SSSR count). The molecule has 1 atom stereocenters. The summed E-state index contributed by atoms with van der Waals surface area (Å²) < 4.78 is 0. The van der Waals surface area contributed by atoms with Crippen LogP contribution in [0.15, 0.2) is 47.3 Å². The van der Waals surface area contributed by atoms with Crippen molar-refractivity contribution >= 4 is 11.9 Å². The van der Waals surface area contributed by atoms with Crippen LogP contribution in [0.4, 0.5) is 0 Å². The first-order chi connectivity index (χ1) is 13.4. The van der Waals surface area contributed by atoms with E-state index in [1.54, 1.807) is 12.4 Å². The average molecular weight is 382 g/mol. The van der Waals surface area contributed by atoms with Gasteiger partial charge in [-0.05, 0) is 62.3 Å². The van der Waals surface area contributed by atoms with Crippen LogP contribution in [0.25, 0.3) is 6.08 Å². The van der Waals surface area contributed by atoms with Crippen LogP contribution in [0.3, 0.4) is 0 Å². The van der Waals surface area contributed by atoms with Crippen molar-refractivity contribution in [2.75, 3.05) is 19.6 Å². The third-order valence-electron chi connectivity index (χ3n) is 4.91. The van der Waals surface area contributed by atoms with Gasteiger partial charge in [-0.15, -0.1) is 0 Å². The lowest BCUT2D eigenvalue weighted by molar-refractivity contribution is 0.386. The molecule has 5 nitrogen and oxygen atoms in total. The van der Waals surface area contributed by atoms with Crippen molar-refractivity contribution < 1.29 is 0 Å². The van der Waals surface area contributed by atoms with Gasteiger partial charge in [0.05, 0.1) is 5.69 Å². The zero-order chi connectivity index (χ0) is 20.4. The topological polar surface area (TPSA) is 76.2 Å². The van der Waals surface area contributed by atoms with Crippen molar-refractivity contribution in [3.05, 3.63) is 53.7 Å². The number of aliphatic imine (C=N–C) groups is 1. The summed E-state index contributed by atoms with van der Waals surface area (Å²) in [6.45, 7) is 11.6. The first kappa shape index (κ1) is 22.0. The summed E-state index contributed by atoms with van der Waals surface area (Å²) in [5.74, 6) is 1.02. The van der Waals surface area contributed by atoms with E-state index in [4.69, 9.17) is 5.73 Å². The molecule has 152 valence electrons. The molecule has 0 saturated carbocycles. The van der Waals surface area contributed by atoms with Crippen molar-refractivity contribution in [3.8, 4) is 0 Å². The van der Waals surface area contributed by atoms with Crippen LogP contribution in [-0.2, 0) is 0 Å². The van der Waals surface area contributed by atoms with E-state index >= 15 is 0 Å². The molecule has 3 N–H and O–H groups in total. The Labute approximate surface area is 170 Å². The van der Waals surface area contributed by atoms with E-state index in [0.717, 1.165) is 31.7 Å². The summed E-state index contributed by atoms with van der Waals surface area (Å²) in [5.41, 5.74) is 9.13. The molecule has 0 bridgehead atoms. The molecule has 1 saturated heterocycles. The number of nitrogens with zero attached hydrogens (tertiary/aromatic N) is 3. The van der Waals surface area contributed by atoms with E-state index in [2.05, 4.69) is 72.3 Å². The predicted octanol–water partition coefficient (Wildman–Crippen LogP) is 4.13. The summed E-state index contributed by atoms with van der Waals surface area (Å²) in [6.07, 6.45) is 17.2. The number of aromatic nitrogens is 2. The number of amidine groups is 1. The normalized spacial score (nSPS) is 19.6. The Balaban J connectivity index is 2.00. The number of nitrogens with two attached hydrogens (primary N) is 1. The molecule has 1 aromatic heterocycles. The third-order valence-corrected chi connectivity index (χ3v) is 4.91. The van der Waals surface area contributed by atoms with E-state index in [0.29, 0.717) is 17.4 Å². The van der Waals surface area contributed by atoms with E-state index in [1.807, 2.05) is 6.08 Å². The largest absolute Gasteiger partial charge is 0.382 e. The number of hydrogen-bond donors (Lipinski definition) is 2. The Morgan fingerprint density at radius 1 is 1.29 bits per heavy atom. The maximum absolute atomic E-state index is 6.22. The van der Waals surface area contributed by atoms with Crippen molar-refractivity contribution in [1.82, 2.24) is 15.3 Å². The average Bonchev–Trinajstić information content (AvgIpc) is 2.69. The standard InChI is InChI=1S/C23H35N5/c1-5-19(23(2,3)4)11-7-6-8-12-20-21(27-15-14-26-20)22(24)28-17-18-10-9-13-25-16-18/h5,7-8,11-12,14-15,18,25H,6,9-10,13,16-17H2,1-4H3,(H2,24,28)/b11-7-,12-8+,19-5+. The summed E-state index contributed by atoms with van der Waals surface area (Å²) in [4.78, 5) is 13.4. The van der Waals surface area contributed by atoms with Crippen molar-refractivity contribution in [2.24, 2.45) is 22.1 Å². The maximum Gasteiger partial charge on any atom is 0.146 e. The highest BCUT2D eigenvalue weighted by molar-refractivity contribution is 5.98. The summed E-state index contributed by atoms with van der Waals surface area (Å²) in [5, 5.41) is 3.41. The summed E-state index contributed by atoms with van der Waals surface area (Å²) >= 11 is 0. The smallest absolute Gasteiger partial charge is 0.146 e. The molecule has 0 spiro atoms. The molecule has 1 fully saturated rings. The Bertz CT molecular complexity index is 732. The van der Waals surface area contributed by atoms with Crippen LogP contribution in [0.2, 0.25) is 0 Å². The third kappa shape index (κ3) is 7.04. The highest BCUT2D eigenvalue weighted by Crippen LogP contribution is 2.26. The number of allylic oxidation sites excluding steroid dienone is 5. The SMILES string of the molecule is C/C=C(\C=C/C/C=C/c1nccnc1C(N)=NCC1CCCNC1)C(C)(C)C. The van der Waals surface area contributed by atoms with Crippen LogP contribution in [-0.4, -0.2) is 35.4 Å². The highest BCUT2D eigenvalue weighted by Gasteiger charge is 2.14. The van der Waals surface area contributed by atoms with E-state index < -0.39 is 0 Å². The van der Waals surface area contributed by atoms with Gasteiger partial charge < -0.3 is 11.1 Å². The van der Waals surface area contributed by atoms with Gasteiger partial charge in [0.1, 0.15) is 11.5 Å². The van der Waals surface area contributed by atoms with Crippen LogP contribution < -0.4 is 11.1 Å². The van der Waals surface area contributed by atoms with Crippen molar-refractivity contribution in [1.29, 1.82) is 0 Å². The molecule has 1 unspecified atom stereocenters. The van der Waals surface area contributed by atoms with E-state index in [-0.39, 0.29) is 5.41 Å². The lowest BCUT2D eigenvalue weighted by atomic mass is 9.86. The van der Waals surface area contributed by atoms with Crippen LogP contribution in [0, 0.1) is 11.3 Å². The summed E-state index contributed by atoms with van der Waals surface area (Å²) in [7, 11) is 0. The van der Waals surface area contributed by atoms with Gasteiger partial charge in [0.15, 0.2) is 0 Å². The Morgan fingerprint density at radius 3 is 2.75 bits per heavy atom. The quantitative estimate of drug-likeness (QED) is 0.423. The molecule has 0 amide bonds. The zero-order valence-electron chi connectivity index (χ0n) is 17.8. The number of hydrogen-bond acceptors (Lipinski definition) is 4. The first-order valence-corrected chi connectivity index (χ1v) is 10.2. The Kier molecular flexibility index (Phi) is 8.58. The van der Waals surface area contributed by atoms with E-state index in [1.165, 1.54) is 18.4 Å². The molecule has 0 radical (unpaired) electrons. The second-order valence-electron chi connectivity index (χ2n) is 8.26. The van der Waals surface area contributed by atoms with Crippen molar-refractivity contribution in [3.63, 3.8) is 0 Å². The second-order valence-corrected chi connectivity index (χ2v) is 8.26. The van der Waals surface area contributed by atoms with Gasteiger partial charge in [-0.2, -0.15) is 0 Å². The van der Waals surface area contributed by atoms with Gasteiger partial charge in [0, 0.05) is 18.9 Å². The number of piperidine rings is 1. The lowest BCUT2D eigenvalue weighted by Gasteiger charge is -2.20. The van der Waals surface area contributed by atoms with E-state index in [9.17, 15) is 0 Å². The minimum atomic E-state index is 0.159. The van der Waals surface area contributed by atoms with Gasteiger partial charge >= 0.3 is 0 Å². The van der Waals surface area contributed by atoms with Crippen molar-refractivity contribution in [2.45, 2.75) is 47.0 Å². The number of nitrogens with one attached hydrogen (secondary N) is 1. The molecule has 0 aromatic carbocycles. The first-order valence-electron chi connectivity index (χ1n) is 10.2. The summed E-state index contributed by atoms with van der Waals surface area (Å²) in [6, 6.07) is 0. The van der Waals surface area contributed by atoms with Gasteiger partial charge in [0.25, 0.3) is 0 Å². The second kappa shape index (κ2) is 10.9. The molecular weight excluding hydrogens is 346 g/mol. The van der Waals surface area contributed by atoms with Crippen LogP contribution in [0.5, 0.6) is 0 Å². The monoisotopic (exact) mass is 381 g/mol. The molecule has 1 aromatic rings. The fourth-order valence-electron chi connectivity index (χ4n) is 3.28. The molecular formula is C23H35N5. The molecule has 5 heteroatoms. The fourth-order valence-corrected chi connectivity index (χ4v) is 3.28. The van der Waals surface area contributed by atoms with Gasteiger partial charge in [-0.3, -0.25) is 9.98 Å². The number of rotatable bonds is 7. The van der Waals surface area contributed by atoms with Crippen LogP contribution in [0.1, 0.15) is 58.3 Å². The molecule has 2 heterocycles. The molecule has 28 heavy (non-hydrogen) atoms. The van der Waals surface area contributed by atoms with Gasteiger partial charge in [0.2, 0.25) is 0 Å². The Hall–Kier alpha value is -2.27. The lowest BCUT2D eigenvalue weighted by Crippen LogP contribution is -2.32. The fraction of sp³-hybridized carbons (Fsp3) is 0.522. The maximum atomic E-state index is 6.22. The van der Waals surface area contributed by atoms with Gasteiger partial charge in [-0.1, -0.05) is 45.1 Å². The molecule has 1 aliphatic rings. The highest BCUT2D eigenvalue weighted by atomic mass is 14.9. The van der Waals surface area contributed by atoms with Crippen LogP contribution >= 0.6 is 0 Å². The Morgan fingerprint density at radius 2 is 2.07 bits per heavy atom. The minimum absolute atomic E-state index is 0.159. The zero-order valence-corrected chi connectivity index (χ0v) is 17.8. The minimum Gasteiger partial charge on any atom is -0.382 e. The predicted molar refractivity (Wildman–Crippen MR) is 119 cm³/mol. The molecule has 0 aliphatic carbocycles.